The van der Waals surface area contributed by atoms with E-state index < -0.39 is 7.25 Å². The molecule has 0 spiro atoms. The van der Waals surface area contributed by atoms with Gasteiger partial charge in [0.05, 0.1) is 78.0 Å². The molecule has 7 fully saturated rings. The number of unbranched alkanes of at least 4 members (excludes halogenated alkanes) is 1. The Bertz CT molecular complexity index is 1250. The van der Waals surface area contributed by atoms with Gasteiger partial charge in [0.1, 0.15) is 31.9 Å². The maximum absolute atomic E-state index is 10.7. The molecule has 1 unspecified atom stereocenters. The van der Waals surface area contributed by atoms with Gasteiger partial charge in [-0.15, -0.1) is 0 Å². The standard InChI is InChI=1S/C8H17BNO2.C7H14O2.C6H4BO2.C6H12O2.C5H7BNO4.C4H8O2/c1-2-3-4-10-5-7-11-9(10)12-8-6-10;1-6-4-7(2,3)9-5-8-6;1-2-4-6-5(3-1)8-7-9-6;1-6(2)3-7-5-8-4-6;1-7-2-4(8)10-6(7)11-5(9)3-7;1-2-5-4-6-3-1/h2-8H2,1H3;6H,4-5H2,1-3H3;1-4H;3-5H2,1-2H3;2-3H2,1H3;1-4H2/q+1;;;;+1;. The maximum Gasteiger partial charge on any atom is 0.909 e. The zero-order valence-electron chi connectivity index (χ0n) is 34.0. The van der Waals surface area contributed by atoms with Crippen LogP contribution >= 0.6 is 0 Å². The number of nitrogens with zero attached hydrogens (tertiary/aromatic N) is 2. The second kappa shape index (κ2) is 21.9. The zero-order chi connectivity index (χ0) is 39.8. The van der Waals surface area contributed by atoms with E-state index >= 15 is 0 Å². The first-order chi connectivity index (χ1) is 26.2. The summed E-state index contributed by atoms with van der Waals surface area (Å²) in [5.41, 5.74) is 0.260. The fourth-order valence-corrected chi connectivity index (χ4v) is 6.60. The molecule has 0 saturated carbocycles. The first-order valence-electron chi connectivity index (χ1n) is 19.4. The normalized spacial score (nSPS) is 25.4. The zero-order valence-corrected chi connectivity index (χ0v) is 34.0. The molecule has 19 heteroatoms. The van der Waals surface area contributed by atoms with Crippen LogP contribution in [0.5, 0.6) is 11.5 Å². The number of likely N-dealkylation sites (N-methyl/N-ethyl adjacent to an activating group) is 1. The van der Waals surface area contributed by atoms with Crippen molar-refractivity contribution in [2.45, 2.75) is 78.9 Å². The highest BCUT2D eigenvalue weighted by atomic mass is 16.7. The van der Waals surface area contributed by atoms with Gasteiger partial charge in [-0.05, 0) is 45.7 Å². The summed E-state index contributed by atoms with van der Waals surface area (Å²) >= 11 is 0. The van der Waals surface area contributed by atoms with Crippen LogP contribution in [0, 0.1) is 5.41 Å². The lowest BCUT2D eigenvalue weighted by molar-refractivity contribution is -0.815. The lowest BCUT2D eigenvalue weighted by Crippen LogP contribution is -2.52. The molecule has 1 radical (unpaired) electrons. The largest absolute Gasteiger partial charge is 0.909 e. The quantitative estimate of drug-likeness (QED) is 0.415. The number of quaternary nitrogens is 2. The van der Waals surface area contributed by atoms with E-state index in [2.05, 4.69) is 41.5 Å². The first-order valence-corrected chi connectivity index (χ1v) is 19.4. The lowest BCUT2D eigenvalue weighted by atomic mass is 9.96. The predicted octanol–water partition coefficient (Wildman–Crippen LogP) is 3.12. The fraction of sp³-hybridized carbons (Fsp3) is 0.778. The molecule has 1 aromatic rings. The van der Waals surface area contributed by atoms with E-state index in [0.29, 0.717) is 26.5 Å². The van der Waals surface area contributed by atoms with Crippen LogP contribution in [0.25, 0.3) is 0 Å². The Kier molecular flexibility index (Phi) is 18.0. The summed E-state index contributed by atoms with van der Waals surface area (Å²) < 4.78 is 62.1. The molecule has 0 aromatic heterocycles. The molecule has 1 aromatic carbocycles. The van der Waals surface area contributed by atoms with E-state index in [4.69, 9.17) is 56.3 Å². The van der Waals surface area contributed by atoms with Crippen LogP contribution in [-0.2, 0) is 56.6 Å². The van der Waals surface area contributed by atoms with Crippen molar-refractivity contribution >= 4 is 34.1 Å². The second-order valence-corrected chi connectivity index (χ2v) is 16.1. The van der Waals surface area contributed by atoms with Gasteiger partial charge < -0.3 is 60.7 Å². The van der Waals surface area contributed by atoms with Crippen LogP contribution in [0.1, 0.15) is 67.2 Å². The molecule has 8 aliphatic rings. The minimum atomic E-state index is -0.685. The van der Waals surface area contributed by atoms with Crippen molar-refractivity contribution in [3.8, 4) is 11.5 Å². The Balaban J connectivity index is 0.000000149. The topological polar surface area (TPSA) is 145 Å². The van der Waals surface area contributed by atoms with E-state index in [0.717, 1.165) is 81.5 Å². The minimum absolute atomic E-state index is 0.0255. The Morgan fingerprint density at radius 1 is 0.800 bits per heavy atom. The summed E-state index contributed by atoms with van der Waals surface area (Å²) in [5, 5.41) is 0. The molecule has 55 heavy (non-hydrogen) atoms. The van der Waals surface area contributed by atoms with Gasteiger partial charge in [0.15, 0.2) is 13.1 Å². The summed E-state index contributed by atoms with van der Waals surface area (Å²) in [6.45, 7) is 23.4. The van der Waals surface area contributed by atoms with Crippen molar-refractivity contribution in [2.24, 2.45) is 5.41 Å². The van der Waals surface area contributed by atoms with Crippen molar-refractivity contribution in [1.82, 2.24) is 0 Å². The van der Waals surface area contributed by atoms with Crippen LogP contribution < -0.4 is 9.31 Å². The van der Waals surface area contributed by atoms with Crippen LogP contribution in [0.2, 0.25) is 0 Å². The number of fused-ring (bicyclic) bond motifs is 3. The molecule has 0 bridgehead atoms. The predicted molar refractivity (Wildman–Crippen MR) is 202 cm³/mol. The maximum atomic E-state index is 10.7. The second-order valence-electron chi connectivity index (χ2n) is 16.1. The number of carbonyl (C=O) groups is 2. The Morgan fingerprint density at radius 3 is 1.76 bits per heavy atom. The van der Waals surface area contributed by atoms with Crippen molar-refractivity contribution in [3.63, 3.8) is 0 Å². The van der Waals surface area contributed by atoms with Crippen molar-refractivity contribution in [3.05, 3.63) is 24.3 Å². The molecule has 0 amide bonds. The van der Waals surface area contributed by atoms with Crippen LogP contribution in [0.4, 0.5) is 0 Å². The van der Waals surface area contributed by atoms with Gasteiger partial charge in [0.25, 0.3) is 0 Å². The van der Waals surface area contributed by atoms with Gasteiger partial charge in [-0.1, -0.05) is 39.3 Å². The molecule has 8 heterocycles. The summed E-state index contributed by atoms with van der Waals surface area (Å²) in [5.74, 6) is 0.977. The van der Waals surface area contributed by atoms with E-state index in [1.54, 1.807) is 7.05 Å². The van der Waals surface area contributed by atoms with Crippen LogP contribution in [0.3, 0.4) is 0 Å². The van der Waals surface area contributed by atoms with E-state index in [9.17, 15) is 9.59 Å². The van der Waals surface area contributed by atoms with Crippen molar-refractivity contribution < 1.29 is 74.7 Å². The summed E-state index contributed by atoms with van der Waals surface area (Å²) in [4.78, 5) is 21.5. The smallest absolute Gasteiger partial charge is 0.524 e. The number of carbonyl (C=O) groups excluding carboxylic acids is 2. The third-order valence-electron chi connectivity index (χ3n) is 9.63. The van der Waals surface area contributed by atoms with Crippen molar-refractivity contribution in [1.29, 1.82) is 0 Å². The molecular formula is C36H62B3N2O14+2. The molecule has 1 atom stereocenters. The average molecular weight is 779 g/mol. The van der Waals surface area contributed by atoms with Gasteiger partial charge in [0, 0.05) is 11.8 Å². The van der Waals surface area contributed by atoms with Gasteiger partial charge in [-0.25, -0.2) is 9.59 Å². The molecular weight excluding hydrogens is 717 g/mol. The number of hydrogen-bond acceptors (Lipinski definition) is 14. The molecule has 307 valence electrons. The molecule has 7 saturated heterocycles. The lowest BCUT2D eigenvalue weighted by Gasteiger charge is -2.33. The molecule has 8 aliphatic heterocycles. The van der Waals surface area contributed by atoms with E-state index in [1.165, 1.54) is 27.1 Å². The molecule has 0 N–H and O–H groups in total. The van der Waals surface area contributed by atoms with Gasteiger partial charge >= 0.3 is 34.1 Å². The molecule has 0 aliphatic carbocycles. The Labute approximate surface area is 328 Å². The van der Waals surface area contributed by atoms with Crippen LogP contribution in [-0.4, -0.2) is 154 Å². The average Bonchev–Trinajstić information content (AvgIpc) is 3.96. The summed E-state index contributed by atoms with van der Waals surface area (Å²) in [6.07, 6.45) is 4.97. The summed E-state index contributed by atoms with van der Waals surface area (Å²) in [7, 11) is 2.48. The SMILES string of the molecule is C1COCOC1.CC1(C)COCOC1.CC1CC(C)(C)OCO1.CCCC[N+]12CCOB1OCC2.C[N+]12CC(=O)OB1OC(=O)C2.[B]1Oc2ccccc2O1. The first kappa shape index (κ1) is 45.3. The van der Waals surface area contributed by atoms with Gasteiger partial charge in [-0.3, -0.25) is 4.39 Å². The van der Waals surface area contributed by atoms with Crippen LogP contribution in [0.15, 0.2) is 24.3 Å². The number of para-hydroxylation sites is 2. The highest BCUT2D eigenvalue weighted by Gasteiger charge is 2.65. The highest BCUT2D eigenvalue weighted by Crippen LogP contribution is 2.30. The number of ether oxygens (including phenoxy) is 6. The highest BCUT2D eigenvalue weighted by molar-refractivity contribution is 6.45. The fourth-order valence-electron chi connectivity index (χ4n) is 6.60. The minimum Gasteiger partial charge on any atom is -0.524 e. The van der Waals surface area contributed by atoms with E-state index in [-0.39, 0.29) is 47.7 Å². The Morgan fingerprint density at radius 2 is 1.36 bits per heavy atom. The molecule has 9 rings (SSSR count). The number of hydrogen-bond donors (Lipinski definition) is 0. The Hall–Kier alpha value is -2.45. The number of benzene rings is 1. The number of rotatable bonds is 3. The van der Waals surface area contributed by atoms with Gasteiger partial charge in [0.2, 0.25) is 0 Å². The van der Waals surface area contributed by atoms with E-state index in [1.807, 2.05) is 24.3 Å². The third-order valence-corrected chi connectivity index (χ3v) is 9.63. The van der Waals surface area contributed by atoms with Crippen molar-refractivity contribution in [2.75, 3.05) is 99.8 Å². The third kappa shape index (κ3) is 15.1. The van der Waals surface area contributed by atoms with Gasteiger partial charge in [-0.2, -0.15) is 0 Å². The monoisotopic (exact) mass is 779 g/mol. The summed E-state index contributed by atoms with van der Waals surface area (Å²) in [6, 6.07) is 7.53. The molecule has 16 nitrogen and oxygen atoms in total.